The summed E-state index contributed by atoms with van der Waals surface area (Å²) in [6.45, 7) is 1.27. The van der Waals surface area contributed by atoms with Crippen molar-refractivity contribution in [3.05, 3.63) is 33.2 Å². The van der Waals surface area contributed by atoms with Crippen LogP contribution in [-0.4, -0.2) is 27.1 Å². The highest BCUT2D eigenvalue weighted by Gasteiger charge is 2.44. The molecule has 0 saturated carbocycles. The molecule has 0 fully saturated rings. The maximum Gasteiger partial charge on any atom is 0.352 e. The van der Waals surface area contributed by atoms with Gasteiger partial charge < -0.3 is 19.9 Å². The Morgan fingerprint density at radius 3 is 2.78 bits per heavy atom. The van der Waals surface area contributed by atoms with E-state index >= 15 is 0 Å². The lowest BCUT2D eigenvalue weighted by Crippen LogP contribution is -2.43. The van der Waals surface area contributed by atoms with Gasteiger partial charge in [0.2, 0.25) is 0 Å². The van der Waals surface area contributed by atoms with Crippen molar-refractivity contribution in [2.45, 2.75) is 25.6 Å². The number of aromatic amines is 1. The molecule has 0 aliphatic carbocycles. The van der Waals surface area contributed by atoms with Crippen molar-refractivity contribution in [1.82, 2.24) is 4.98 Å². The van der Waals surface area contributed by atoms with Gasteiger partial charge in [0.25, 0.3) is 5.56 Å². The van der Waals surface area contributed by atoms with E-state index in [4.69, 9.17) is 9.84 Å². The van der Waals surface area contributed by atoms with E-state index in [1.807, 2.05) is 0 Å². The van der Waals surface area contributed by atoms with Crippen molar-refractivity contribution < 1.29 is 24.5 Å². The Kier molecular flexibility index (Phi) is 2.70. The lowest BCUT2D eigenvalue weighted by atomic mass is 9.86. The molecule has 1 unspecified atom stereocenters. The molecular weight excluding hydrogens is 242 g/mol. The number of cyclic esters (lactones) is 1. The third kappa shape index (κ3) is 1.60. The van der Waals surface area contributed by atoms with Gasteiger partial charge in [-0.3, -0.25) is 4.79 Å². The van der Waals surface area contributed by atoms with Crippen LogP contribution in [0.3, 0.4) is 0 Å². The number of esters is 1. The van der Waals surface area contributed by atoms with E-state index in [0.717, 1.165) is 6.07 Å². The van der Waals surface area contributed by atoms with Crippen LogP contribution in [0.4, 0.5) is 0 Å². The molecule has 0 amide bonds. The van der Waals surface area contributed by atoms with Crippen LogP contribution in [0.1, 0.15) is 35.0 Å². The molecule has 7 heteroatoms. The first-order valence-corrected chi connectivity index (χ1v) is 5.29. The fourth-order valence-corrected chi connectivity index (χ4v) is 1.92. The second-order valence-electron chi connectivity index (χ2n) is 4.00. The minimum atomic E-state index is -1.97. The predicted octanol–water partition coefficient (Wildman–Crippen LogP) is -0.272. The van der Waals surface area contributed by atoms with Crippen molar-refractivity contribution in [3.8, 4) is 0 Å². The van der Waals surface area contributed by atoms with Gasteiger partial charge in [0.1, 0.15) is 12.3 Å². The maximum absolute atomic E-state index is 11.7. The minimum Gasteiger partial charge on any atom is -0.477 e. The molecule has 1 atom stereocenters. The highest BCUT2D eigenvalue weighted by Crippen LogP contribution is 2.32. The van der Waals surface area contributed by atoms with Crippen LogP contribution in [0.5, 0.6) is 0 Å². The van der Waals surface area contributed by atoms with Crippen molar-refractivity contribution in [1.29, 1.82) is 0 Å². The summed E-state index contributed by atoms with van der Waals surface area (Å²) in [5, 5.41) is 19.1. The molecule has 1 aromatic heterocycles. The molecule has 1 aliphatic heterocycles. The van der Waals surface area contributed by atoms with Crippen LogP contribution in [0, 0.1) is 0 Å². The molecule has 18 heavy (non-hydrogen) atoms. The number of ether oxygens (including phenoxy) is 1. The smallest absolute Gasteiger partial charge is 0.352 e. The molecule has 96 valence electrons. The Morgan fingerprint density at radius 1 is 1.56 bits per heavy atom. The lowest BCUT2D eigenvalue weighted by Gasteiger charge is -2.31. The molecule has 0 aromatic carbocycles. The Labute approximate surface area is 101 Å². The van der Waals surface area contributed by atoms with Crippen molar-refractivity contribution >= 4 is 11.9 Å². The summed E-state index contributed by atoms with van der Waals surface area (Å²) in [6, 6.07) is 1.10. The van der Waals surface area contributed by atoms with Crippen molar-refractivity contribution in [2.24, 2.45) is 0 Å². The zero-order valence-corrected chi connectivity index (χ0v) is 9.52. The second kappa shape index (κ2) is 3.95. The second-order valence-corrected chi connectivity index (χ2v) is 4.00. The normalized spacial score (nSPS) is 22.2. The Morgan fingerprint density at radius 2 is 2.22 bits per heavy atom. The third-order valence-corrected chi connectivity index (χ3v) is 3.01. The van der Waals surface area contributed by atoms with Crippen LogP contribution in [0.2, 0.25) is 0 Å². The summed E-state index contributed by atoms with van der Waals surface area (Å²) in [5.41, 5.74) is -2.94. The number of H-pyrrole nitrogens is 1. The zero-order valence-electron chi connectivity index (χ0n) is 9.52. The molecule has 0 radical (unpaired) electrons. The number of carboxylic acids is 1. The summed E-state index contributed by atoms with van der Waals surface area (Å²) < 4.78 is 4.74. The maximum atomic E-state index is 11.7. The van der Waals surface area contributed by atoms with E-state index in [-0.39, 0.29) is 29.8 Å². The minimum absolute atomic E-state index is 0.00222. The third-order valence-electron chi connectivity index (χ3n) is 3.01. The summed E-state index contributed by atoms with van der Waals surface area (Å²) >= 11 is 0. The molecule has 0 bridgehead atoms. The van der Waals surface area contributed by atoms with Crippen LogP contribution >= 0.6 is 0 Å². The Bertz CT molecular complexity index is 590. The van der Waals surface area contributed by atoms with Crippen LogP contribution < -0.4 is 5.56 Å². The summed E-state index contributed by atoms with van der Waals surface area (Å²) in [4.78, 5) is 36.3. The van der Waals surface area contributed by atoms with E-state index in [1.165, 1.54) is 6.92 Å². The average Bonchev–Trinajstić information content (AvgIpc) is 2.33. The molecule has 0 saturated heterocycles. The topological polar surface area (TPSA) is 117 Å². The molecule has 1 aliphatic rings. The Hall–Kier alpha value is -2.15. The first kappa shape index (κ1) is 12.3. The zero-order chi connectivity index (χ0) is 13.5. The van der Waals surface area contributed by atoms with Gasteiger partial charge in [-0.25, -0.2) is 9.59 Å². The molecule has 3 N–H and O–H groups in total. The lowest BCUT2D eigenvalue weighted by molar-refractivity contribution is -0.172. The van der Waals surface area contributed by atoms with Gasteiger partial charge in [-0.05, 0) is 12.5 Å². The fraction of sp³-hybridized carbons (Fsp3) is 0.364. The fourth-order valence-electron chi connectivity index (χ4n) is 1.92. The van der Waals surface area contributed by atoms with Gasteiger partial charge in [-0.1, -0.05) is 6.92 Å². The van der Waals surface area contributed by atoms with Crippen molar-refractivity contribution in [3.63, 3.8) is 0 Å². The van der Waals surface area contributed by atoms with Gasteiger partial charge in [-0.15, -0.1) is 0 Å². The summed E-state index contributed by atoms with van der Waals surface area (Å²) in [6.07, 6.45) is -0.0126. The standard InChI is InChI=1S/C11H11NO6/c1-2-11(17)6-3-7(9(14)15)12-8(13)5(6)4-18-10(11)16/h3,17H,2,4H2,1H3,(H,12,13)(H,14,15). The van der Waals surface area contributed by atoms with E-state index in [9.17, 15) is 19.5 Å². The number of aromatic nitrogens is 1. The number of hydrogen-bond donors (Lipinski definition) is 3. The highest BCUT2D eigenvalue weighted by atomic mass is 16.6. The number of hydrogen-bond acceptors (Lipinski definition) is 5. The summed E-state index contributed by atoms with van der Waals surface area (Å²) in [5.74, 6) is -2.22. The molecule has 1 aromatic rings. The SMILES string of the molecule is CCC1(O)C(=O)OCc2c1cc(C(=O)O)[nH]c2=O. The number of aromatic carboxylic acids is 1. The van der Waals surface area contributed by atoms with E-state index in [0.29, 0.717) is 0 Å². The largest absolute Gasteiger partial charge is 0.477 e. The number of carboxylic acid groups (broad SMARTS) is 1. The molecule has 2 rings (SSSR count). The summed E-state index contributed by atoms with van der Waals surface area (Å²) in [7, 11) is 0. The highest BCUT2D eigenvalue weighted by molar-refractivity contribution is 5.88. The van der Waals surface area contributed by atoms with Crippen LogP contribution in [-0.2, 0) is 21.7 Å². The molecular formula is C11H11NO6. The van der Waals surface area contributed by atoms with E-state index < -0.39 is 23.1 Å². The van der Waals surface area contributed by atoms with Crippen LogP contribution in [0.15, 0.2) is 10.9 Å². The van der Waals surface area contributed by atoms with E-state index in [2.05, 4.69) is 4.98 Å². The quantitative estimate of drug-likeness (QED) is 0.624. The van der Waals surface area contributed by atoms with Crippen molar-refractivity contribution in [2.75, 3.05) is 0 Å². The number of pyridine rings is 1. The number of rotatable bonds is 2. The van der Waals surface area contributed by atoms with Crippen LogP contribution in [0.25, 0.3) is 0 Å². The van der Waals surface area contributed by atoms with Gasteiger partial charge in [0, 0.05) is 5.56 Å². The predicted molar refractivity (Wildman–Crippen MR) is 58.0 cm³/mol. The van der Waals surface area contributed by atoms with Gasteiger partial charge in [0.05, 0.1) is 5.56 Å². The molecule has 0 spiro atoms. The Balaban J connectivity index is 2.74. The first-order chi connectivity index (χ1) is 8.40. The number of fused-ring (bicyclic) bond motifs is 1. The average molecular weight is 253 g/mol. The first-order valence-electron chi connectivity index (χ1n) is 5.29. The van der Waals surface area contributed by atoms with Gasteiger partial charge in [0.15, 0.2) is 5.60 Å². The van der Waals surface area contributed by atoms with E-state index in [1.54, 1.807) is 0 Å². The number of aliphatic hydroxyl groups is 1. The monoisotopic (exact) mass is 253 g/mol. The van der Waals surface area contributed by atoms with Gasteiger partial charge in [-0.2, -0.15) is 0 Å². The number of carbonyl (C=O) groups is 2. The van der Waals surface area contributed by atoms with Gasteiger partial charge >= 0.3 is 11.9 Å². The number of carbonyl (C=O) groups excluding carboxylic acids is 1. The molecule has 2 heterocycles. The number of nitrogens with one attached hydrogen (secondary N) is 1. The molecule has 7 nitrogen and oxygen atoms in total.